The van der Waals surface area contributed by atoms with Crippen LogP contribution in [0.4, 0.5) is 0 Å². The lowest BCUT2D eigenvalue weighted by atomic mass is 10.3. The Morgan fingerprint density at radius 3 is 3.10 bits per heavy atom. The number of nitrogens with one attached hydrogen (secondary N) is 1. The zero-order valence-electron chi connectivity index (χ0n) is 10.9. The van der Waals surface area contributed by atoms with Gasteiger partial charge in [-0.25, -0.2) is 10.5 Å². The summed E-state index contributed by atoms with van der Waals surface area (Å²) in [6, 6.07) is 1.72. The van der Waals surface area contributed by atoms with Gasteiger partial charge in [0.15, 0.2) is 0 Å². The molecule has 106 valence electrons. The van der Waals surface area contributed by atoms with Gasteiger partial charge in [-0.05, 0) is 24.3 Å². The molecule has 0 bridgehead atoms. The molecule has 0 atom stereocenters. The van der Waals surface area contributed by atoms with E-state index in [1.165, 1.54) is 22.2 Å². The Morgan fingerprint density at radius 1 is 1.50 bits per heavy atom. The molecule has 0 saturated heterocycles. The maximum Gasteiger partial charge on any atom is 0.263 e. The van der Waals surface area contributed by atoms with E-state index in [2.05, 4.69) is 10.5 Å². The van der Waals surface area contributed by atoms with Crippen molar-refractivity contribution < 1.29 is 9.63 Å². The van der Waals surface area contributed by atoms with E-state index in [1.54, 1.807) is 6.07 Å². The number of hydrogen-bond donors (Lipinski definition) is 1. The molecule has 0 unspecified atom stereocenters. The smallest absolute Gasteiger partial charge is 0.263 e. The van der Waals surface area contributed by atoms with Crippen molar-refractivity contribution in [1.29, 1.82) is 0 Å². The van der Waals surface area contributed by atoms with Crippen LogP contribution in [0.2, 0.25) is 0 Å². The Balaban J connectivity index is 1.64. The molecule has 0 aromatic carbocycles. The van der Waals surface area contributed by atoms with Gasteiger partial charge in [-0.3, -0.25) is 19.0 Å². The quantitative estimate of drug-likeness (QED) is 0.866. The number of carbonyl (C=O) groups is 1. The summed E-state index contributed by atoms with van der Waals surface area (Å²) in [5.41, 5.74) is 2.22. The van der Waals surface area contributed by atoms with Crippen LogP contribution in [-0.4, -0.2) is 21.6 Å². The first kappa shape index (κ1) is 13.3. The number of carbonyl (C=O) groups excluding carboxylic acids is 1. The van der Waals surface area contributed by atoms with Gasteiger partial charge in [-0.1, -0.05) is 12.8 Å². The lowest BCUT2D eigenvalue weighted by Crippen LogP contribution is -2.34. The van der Waals surface area contributed by atoms with Gasteiger partial charge in [0.2, 0.25) is 0 Å². The molecule has 0 aliphatic heterocycles. The maximum absolute atomic E-state index is 12.1. The van der Waals surface area contributed by atoms with Crippen LogP contribution in [0, 0.1) is 0 Å². The van der Waals surface area contributed by atoms with Crippen molar-refractivity contribution in [1.82, 2.24) is 15.0 Å². The second kappa shape index (κ2) is 5.72. The molecule has 20 heavy (non-hydrogen) atoms. The number of nitrogens with zero attached hydrogens (tertiary/aromatic N) is 2. The number of thiophene rings is 1. The molecule has 2 aromatic heterocycles. The van der Waals surface area contributed by atoms with E-state index < -0.39 is 0 Å². The molecule has 1 aliphatic rings. The summed E-state index contributed by atoms with van der Waals surface area (Å²) < 4.78 is 1.29. The molecule has 1 saturated carbocycles. The zero-order valence-corrected chi connectivity index (χ0v) is 11.7. The minimum atomic E-state index is -0.338. The number of rotatable bonds is 4. The molecule has 0 spiro atoms. The maximum atomic E-state index is 12.1. The Labute approximate surface area is 119 Å². The molecule has 7 heteroatoms. The fourth-order valence-corrected chi connectivity index (χ4v) is 3.07. The third kappa shape index (κ3) is 2.73. The lowest BCUT2D eigenvalue weighted by Gasteiger charge is -2.11. The molecule has 0 radical (unpaired) electrons. The largest absolute Gasteiger partial charge is 0.289 e. The first-order chi connectivity index (χ1) is 9.74. The van der Waals surface area contributed by atoms with E-state index in [4.69, 9.17) is 4.84 Å². The first-order valence-electron chi connectivity index (χ1n) is 6.61. The third-order valence-electron chi connectivity index (χ3n) is 3.41. The van der Waals surface area contributed by atoms with Crippen molar-refractivity contribution in [2.75, 3.05) is 0 Å². The van der Waals surface area contributed by atoms with Crippen molar-refractivity contribution in [2.24, 2.45) is 0 Å². The Hall–Kier alpha value is -1.73. The molecule has 2 aromatic rings. The topological polar surface area (TPSA) is 73.2 Å². The predicted molar refractivity (Wildman–Crippen MR) is 75.4 cm³/mol. The number of hydrogen-bond acceptors (Lipinski definition) is 5. The van der Waals surface area contributed by atoms with Crippen LogP contribution < -0.4 is 11.0 Å². The summed E-state index contributed by atoms with van der Waals surface area (Å²) in [4.78, 5) is 34.0. The van der Waals surface area contributed by atoms with Crippen LogP contribution in [0.1, 0.15) is 25.7 Å². The van der Waals surface area contributed by atoms with Crippen molar-refractivity contribution in [3.63, 3.8) is 0 Å². The van der Waals surface area contributed by atoms with E-state index in [1.807, 2.05) is 5.38 Å². The van der Waals surface area contributed by atoms with Crippen molar-refractivity contribution >= 4 is 27.5 Å². The second-order valence-corrected chi connectivity index (χ2v) is 5.76. The molecule has 6 nitrogen and oxygen atoms in total. The van der Waals surface area contributed by atoms with Gasteiger partial charge in [0.05, 0.1) is 17.8 Å². The van der Waals surface area contributed by atoms with Gasteiger partial charge in [0, 0.05) is 0 Å². The van der Waals surface area contributed by atoms with Gasteiger partial charge in [-0.2, -0.15) is 0 Å². The number of amides is 1. The van der Waals surface area contributed by atoms with Crippen LogP contribution in [0.3, 0.4) is 0 Å². The van der Waals surface area contributed by atoms with Crippen LogP contribution in [0.15, 0.2) is 22.6 Å². The van der Waals surface area contributed by atoms with Gasteiger partial charge >= 0.3 is 0 Å². The highest BCUT2D eigenvalue weighted by atomic mass is 32.1. The van der Waals surface area contributed by atoms with Crippen LogP contribution in [-0.2, 0) is 16.2 Å². The molecular weight excluding hydrogens is 278 g/mol. The highest BCUT2D eigenvalue weighted by molar-refractivity contribution is 7.16. The zero-order chi connectivity index (χ0) is 13.9. The standard InChI is InChI=1S/C13H15N3O3S/c17-11(15-19-9-3-1-2-4-9)7-16-8-14-12-10(13(16)18)5-6-20-12/h5-6,8-9H,1-4,7H2,(H,15,17). The van der Waals surface area contributed by atoms with Gasteiger partial charge in [0.1, 0.15) is 11.4 Å². The first-order valence-corrected chi connectivity index (χ1v) is 7.49. The summed E-state index contributed by atoms with van der Waals surface area (Å²) in [5.74, 6) is -0.338. The van der Waals surface area contributed by atoms with Gasteiger partial charge in [-0.15, -0.1) is 11.3 Å². The monoisotopic (exact) mass is 293 g/mol. The summed E-state index contributed by atoms with van der Waals surface area (Å²) in [6.45, 7) is -0.0790. The van der Waals surface area contributed by atoms with E-state index in [0.717, 1.165) is 25.7 Å². The number of fused-ring (bicyclic) bond motifs is 1. The van der Waals surface area contributed by atoms with Crippen molar-refractivity contribution in [2.45, 2.75) is 38.3 Å². The van der Waals surface area contributed by atoms with Gasteiger partial charge in [0.25, 0.3) is 11.5 Å². The van der Waals surface area contributed by atoms with Crippen LogP contribution >= 0.6 is 11.3 Å². The summed E-state index contributed by atoms with van der Waals surface area (Å²) >= 11 is 1.41. The molecule has 2 heterocycles. The van der Waals surface area contributed by atoms with E-state index in [9.17, 15) is 9.59 Å². The summed E-state index contributed by atoms with van der Waals surface area (Å²) in [7, 11) is 0. The van der Waals surface area contributed by atoms with E-state index in [-0.39, 0.29) is 24.1 Å². The highest BCUT2D eigenvalue weighted by Gasteiger charge is 2.17. The minimum Gasteiger partial charge on any atom is -0.289 e. The number of hydroxylamine groups is 1. The molecule has 1 amide bonds. The molecule has 1 aliphatic carbocycles. The molecule has 1 N–H and O–H groups in total. The Morgan fingerprint density at radius 2 is 2.30 bits per heavy atom. The summed E-state index contributed by atoms with van der Waals surface area (Å²) in [5, 5.41) is 2.36. The minimum absolute atomic E-state index is 0.0790. The second-order valence-electron chi connectivity index (χ2n) is 4.87. The molecule has 1 fully saturated rings. The normalized spacial score (nSPS) is 15.8. The average molecular weight is 293 g/mol. The third-order valence-corrected chi connectivity index (χ3v) is 4.23. The average Bonchev–Trinajstić information content (AvgIpc) is 3.10. The number of aromatic nitrogens is 2. The van der Waals surface area contributed by atoms with Crippen molar-refractivity contribution in [3.05, 3.63) is 28.1 Å². The fourth-order valence-electron chi connectivity index (χ4n) is 2.35. The van der Waals surface area contributed by atoms with Gasteiger partial charge < -0.3 is 0 Å². The molecule has 3 rings (SSSR count). The Kier molecular flexibility index (Phi) is 3.79. The molecular formula is C13H15N3O3S. The van der Waals surface area contributed by atoms with Crippen molar-refractivity contribution in [3.8, 4) is 0 Å². The van der Waals surface area contributed by atoms with E-state index in [0.29, 0.717) is 10.2 Å². The Bertz CT molecular complexity index is 673. The SMILES string of the molecule is O=C(Cn1cnc2sccc2c1=O)NOC1CCCC1. The van der Waals surface area contributed by atoms with Crippen LogP contribution in [0.5, 0.6) is 0 Å². The summed E-state index contributed by atoms with van der Waals surface area (Å²) in [6.07, 6.45) is 5.73. The van der Waals surface area contributed by atoms with Crippen LogP contribution in [0.25, 0.3) is 10.2 Å². The highest BCUT2D eigenvalue weighted by Crippen LogP contribution is 2.19. The van der Waals surface area contributed by atoms with E-state index >= 15 is 0 Å². The lowest BCUT2D eigenvalue weighted by molar-refractivity contribution is -0.138. The predicted octanol–water partition coefficient (Wildman–Crippen LogP) is 1.45. The fraction of sp³-hybridized carbons (Fsp3) is 0.462.